The molecular weight excluding hydrogens is 286 g/mol. The lowest BCUT2D eigenvalue weighted by Crippen LogP contribution is -2.43. The standard InChI is InChI=1S/C17H18F2N2O/c18-14-10-15(19)17(22-12-13-4-2-1-3-5-13)11-16(14)21-8-6-20-7-9-21/h1-5,10-11,20H,6-9,12H2. The fraction of sp³-hybridized carbons (Fsp3) is 0.294. The number of anilines is 1. The van der Waals surface area contributed by atoms with Gasteiger partial charge in [0.05, 0.1) is 5.69 Å². The van der Waals surface area contributed by atoms with E-state index < -0.39 is 11.6 Å². The Morgan fingerprint density at radius 2 is 1.73 bits per heavy atom. The summed E-state index contributed by atoms with van der Waals surface area (Å²) in [6.07, 6.45) is 0. The Balaban J connectivity index is 1.78. The maximum absolute atomic E-state index is 14.0. The van der Waals surface area contributed by atoms with Crippen molar-refractivity contribution in [2.45, 2.75) is 6.61 Å². The molecule has 1 saturated heterocycles. The normalized spacial score (nSPS) is 14.9. The zero-order valence-corrected chi connectivity index (χ0v) is 12.2. The van der Waals surface area contributed by atoms with Crippen molar-refractivity contribution in [3.63, 3.8) is 0 Å². The summed E-state index contributed by atoms with van der Waals surface area (Å²) in [5, 5.41) is 3.21. The first-order chi connectivity index (χ1) is 10.7. The van der Waals surface area contributed by atoms with Crippen LogP contribution >= 0.6 is 0 Å². The third-order valence-corrected chi connectivity index (χ3v) is 3.70. The zero-order chi connectivity index (χ0) is 15.4. The van der Waals surface area contributed by atoms with E-state index in [9.17, 15) is 8.78 Å². The average Bonchev–Trinajstić information content (AvgIpc) is 2.56. The van der Waals surface area contributed by atoms with Crippen LogP contribution in [0.4, 0.5) is 14.5 Å². The van der Waals surface area contributed by atoms with Gasteiger partial charge in [0.25, 0.3) is 0 Å². The van der Waals surface area contributed by atoms with Crippen LogP contribution in [0.3, 0.4) is 0 Å². The monoisotopic (exact) mass is 304 g/mol. The molecule has 0 saturated carbocycles. The molecule has 3 nitrogen and oxygen atoms in total. The lowest BCUT2D eigenvalue weighted by atomic mass is 10.2. The van der Waals surface area contributed by atoms with Gasteiger partial charge < -0.3 is 15.0 Å². The highest BCUT2D eigenvalue weighted by Crippen LogP contribution is 2.29. The Hall–Kier alpha value is -2.14. The number of benzene rings is 2. The van der Waals surface area contributed by atoms with Gasteiger partial charge in [-0.15, -0.1) is 0 Å². The first-order valence-electron chi connectivity index (χ1n) is 7.35. The van der Waals surface area contributed by atoms with E-state index in [0.29, 0.717) is 18.8 Å². The zero-order valence-electron chi connectivity index (χ0n) is 12.2. The van der Waals surface area contributed by atoms with Crippen molar-refractivity contribution in [1.29, 1.82) is 0 Å². The van der Waals surface area contributed by atoms with Gasteiger partial charge in [-0.25, -0.2) is 8.78 Å². The minimum Gasteiger partial charge on any atom is -0.486 e. The molecule has 3 rings (SSSR count). The minimum atomic E-state index is -0.674. The summed E-state index contributed by atoms with van der Waals surface area (Å²) in [5.41, 5.74) is 1.33. The number of hydrogen-bond donors (Lipinski definition) is 1. The summed E-state index contributed by atoms with van der Waals surface area (Å²) in [4.78, 5) is 1.90. The molecule has 1 aliphatic rings. The van der Waals surface area contributed by atoms with E-state index in [1.165, 1.54) is 6.07 Å². The van der Waals surface area contributed by atoms with Crippen molar-refractivity contribution in [3.05, 3.63) is 59.7 Å². The van der Waals surface area contributed by atoms with Crippen LogP contribution in [0.5, 0.6) is 5.75 Å². The molecule has 0 radical (unpaired) electrons. The molecular formula is C17H18F2N2O. The van der Waals surface area contributed by atoms with Crippen LogP contribution in [-0.4, -0.2) is 26.2 Å². The fourth-order valence-electron chi connectivity index (χ4n) is 2.51. The van der Waals surface area contributed by atoms with Crippen LogP contribution in [0.15, 0.2) is 42.5 Å². The molecule has 1 aliphatic heterocycles. The Kier molecular flexibility index (Phi) is 4.53. The first kappa shape index (κ1) is 14.8. The van der Waals surface area contributed by atoms with Gasteiger partial charge in [0.1, 0.15) is 12.4 Å². The highest BCUT2D eigenvalue weighted by atomic mass is 19.1. The van der Waals surface area contributed by atoms with Gasteiger partial charge >= 0.3 is 0 Å². The second-order valence-corrected chi connectivity index (χ2v) is 5.25. The van der Waals surface area contributed by atoms with Gasteiger partial charge in [0.2, 0.25) is 0 Å². The van der Waals surface area contributed by atoms with Crippen molar-refractivity contribution in [2.75, 3.05) is 31.1 Å². The van der Waals surface area contributed by atoms with Crippen molar-refractivity contribution in [3.8, 4) is 5.75 Å². The molecule has 0 aliphatic carbocycles. The molecule has 0 unspecified atom stereocenters. The van der Waals surface area contributed by atoms with Crippen LogP contribution in [-0.2, 0) is 6.61 Å². The molecule has 0 amide bonds. The highest BCUT2D eigenvalue weighted by molar-refractivity contribution is 5.53. The van der Waals surface area contributed by atoms with Crippen molar-refractivity contribution >= 4 is 5.69 Å². The highest BCUT2D eigenvalue weighted by Gasteiger charge is 2.18. The predicted octanol–water partition coefficient (Wildman–Crippen LogP) is 2.95. The molecule has 0 bridgehead atoms. The SMILES string of the molecule is Fc1cc(F)c(N2CCNCC2)cc1OCc1ccccc1. The summed E-state index contributed by atoms with van der Waals surface area (Å²) >= 11 is 0. The molecule has 5 heteroatoms. The molecule has 116 valence electrons. The molecule has 0 spiro atoms. The number of nitrogens with one attached hydrogen (secondary N) is 1. The Bertz CT molecular complexity index is 628. The molecule has 2 aromatic carbocycles. The van der Waals surface area contributed by atoms with Crippen molar-refractivity contribution in [1.82, 2.24) is 5.32 Å². The summed E-state index contributed by atoms with van der Waals surface area (Å²) in [6, 6.07) is 11.9. The van der Waals surface area contributed by atoms with Gasteiger partial charge in [0.15, 0.2) is 11.6 Å². The largest absolute Gasteiger partial charge is 0.486 e. The van der Waals surface area contributed by atoms with Crippen LogP contribution < -0.4 is 15.0 Å². The molecule has 1 N–H and O–H groups in total. The van der Waals surface area contributed by atoms with Crippen LogP contribution in [0, 0.1) is 11.6 Å². The number of piperazine rings is 1. The minimum absolute atomic E-state index is 0.0822. The van der Waals surface area contributed by atoms with Gasteiger partial charge in [0, 0.05) is 38.3 Å². The van der Waals surface area contributed by atoms with Crippen LogP contribution in [0.25, 0.3) is 0 Å². The summed E-state index contributed by atoms with van der Waals surface area (Å²) in [5.74, 6) is -1.14. The Morgan fingerprint density at radius 1 is 1.00 bits per heavy atom. The molecule has 22 heavy (non-hydrogen) atoms. The Morgan fingerprint density at radius 3 is 2.45 bits per heavy atom. The van der Waals surface area contributed by atoms with Gasteiger partial charge in [-0.3, -0.25) is 0 Å². The van der Waals surface area contributed by atoms with E-state index in [1.54, 1.807) is 0 Å². The second kappa shape index (κ2) is 6.75. The number of hydrogen-bond acceptors (Lipinski definition) is 3. The van der Waals surface area contributed by atoms with E-state index in [4.69, 9.17) is 4.74 Å². The topological polar surface area (TPSA) is 24.5 Å². The fourth-order valence-corrected chi connectivity index (χ4v) is 2.51. The molecule has 0 aromatic heterocycles. The van der Waals surface area contributed by atoms with Crippen molar-refractivity contribution in [2.24, 2.45) is 0 Å². The van der Waals surface area contributed by atoms with Crippen LogP contribution in [0.2, 0.25) is 0 Å². The van der Waals surface area contributed by atoms with Crippen molar-refractivity contribution < 1.29 is 13.5 Å². The third-order valence-electron chi connectivity index (χ3n) is 3.70. The quantitative estimate of drug-likeness (QED) is 0.940. The number of ether oxygens (including phenoxy) is 1. The van der Waals surface area contributed by atoms with Gasteiger partial charge in [-0.2, -0.15) is 0 Å². The molecule has 1 fully saturated rings. The molecule has 0 atom stereocenters. The summed E-state index contributed by atoms with van der Waals surface area (Å²) in [6.45, 7) is 3.22. The van der Waals surface area contributed by atoms with Gasteiger partial charge in [-0.05, 0) is 5.56 Å². The van der Waals surface area contributed by atoms with E-state index in [0.717, 1.165) is 24.7 Å². The average molecular weight is 304 g/mol. The lowest BCUT2D eigenvalue weighted by Gasteiger charge is -2.30. The maximum Gasteiger partial charge on any atom is 0.168 e. The first-order valence-corrected chi connectivity index (χ1v) is 7.35. The summed E-state index contributed by atoms with van der Waals surface area (Å²) in [7, 11) is 0. The number of halogens is 2. The number of nitrogens with zero attached hydrogens (tertiary/aromatic N) is 1. The van der Waals surface area contributed by atoms with Crippen LogP contribution in [0.1, 0.15) is 5.56 Å². The number of rotatable bonds is 4. The molecule has 2 aromatic rings. The van der Waals surface area contributed by atoms with E-state index in [-0.39, 0.29) is 12.4 Å². The van der Waals surface area contributed by atoms with E-state index in [2.05, 4.69) is 5.32 Å². The third kappa shape index (κ3) is 3.36. The smallest absolute Gasteiger partial charge is 0.168 e. The summed E-state index contributed by atoms with van der Waals surface area (Å²) < 4.78 is 33.5. The second-order valence-electron chi connectivity index (χ2n) is 5.25. The predicted molar refractivity (Wildman–Crippen MR) is 82.2 cm³/mol. The van der Waals surface area contributed by atoms with E-state index in [1.807, 2.05) is 35.2 Å². The maximum atomic E-state index is 14.0. The molecule has 1 heterocycles. The lowest BCUT2D eigenvalue weighted by molar-refractivity contribution is 0.289. The van der Waals surface area contributed by atoms with Gasteiger partial charge in [-0.1, -0.05) is 30.3 Å². The van der Waals surface area contributed by atoms with E-state index >= 15 is 0 Å². The Labute approximate surface area is 128 Å².